The summed E-state index contributed by atoms with van der Waals surface area (Å²) in [6, 6.07) is 17.4. The van der Waals surface area contributed by atoms with Crippen LogP contribution >= 0.6 is 11.3 Å². The molecular formula is C45H55N7O6S. The van der Waals surface area contributed by atoms with E-state index in [-0.39, 0.29) is 41.7 Å². The van der Waals surface area contributed by atoms with Gasteiger partial charge in [0.05, 0.1) is 24.7 Å². The number of methoxy groups -OCH3 is 1. The van der Waals surface area contributed by atoms with Gasteiger partial charge in [0.15, 0.2) is 0 Å². The Kier molecular flexibility index (Phi) is 12.4. The maximum absolute atomic E-state index is 13.7. The fourth-order valence-electron chi connectivity index (χ4n) is 8.60. The molecule has 3 aliphatic heterocycles. The number of allylic oxidation sites excluding steroid dienone is 1. The van der Waals surface area contributed by atoms with Crippen LogP contribution in [0.25, 0.3) is 37.5 Å². The number of thiophene rings is 1. The summed E-state index contributed by atoms with van der Waals surface area (Å²) in [7, 11) is 1.30. The number of carbonyl (C=O) groups excluding carboxylic acids is 4. The van der Waals surface area contributed by atoms with Crippen molar-refractivity contribution in [1.82, 2.24) is 30.4 Å². The highest BCUT2D eigenvalue weighted by Gasteiger charge is 2.42. The van der Waals surface area contributed by atoms with Crippen LogP contribution < -0.4 is 10.6 Å². The Morgan fingerprint density at radius 3 is 1.93 bits per heavy atom. The molecule has 13 nitrogen and oxygen atoms in total. The summed E-state index contributed by atoms with van der Waals surface area (Å²) in [5.41, 5.74) is 7.39. The molecule has 59 heavy (non-hydrogen) atoms. The van der Waals surface area contributed by atoms with E-state index >= 15 is 0 Å². The number of aliphatic hydroxyl groups is 1. The largest absolute Gasteiger partial charge is 0.453 e. The Balaban J connectivity index is 0.988. The molecule has 6 atom stereocenters. The number of carbonyl (C=O) groups is 4. The molecule has 0 aliphatic carbocycles. The first kappa shape index (κ1) is 41.8. The summed E-state index contributed by atoms with van der Waals surface area (Å²) in [6.45, 7) is 12.4. The van der Waals surface area contributed by atoms with Crippen molar-refractivity contribution >= 4 is 56.8 Å². The summed E-state index contributed by atoms with van der Waals surface area (Å²) in [5, 5.41) is 14.7. The zero-order chi connectivity index (χ0) is 42.1. The fraction of sp³-hybridized carbons (Fsp3) is 0.467. The molecule has 2 saturated heterocycles. The summed E-state index contributed by atoms with van der Waals surface area (Å²) in [5.74, 6) is 0.293. The van der Waals surface area contributed by atoms with Gasteiger partial charge in [-0.2, -0.15) is 0 Å². The van der Waals surface area contributed by atoms with Crippen molar-refractivity contribution in [1.29, 1.82) is 0 Å². The van der Waals surface area contributed by atoms with E-state index < -0.39 is 30.7 Å². The number of hydrogen-bond acceptors (Lipinski definition) is 9. The van der Waals surface area contributed by atoms with Gasteiger partial charge >= 0.3 is 6.09 Å². The average molecular weight is 822 g/mol. The molecule has 3 aliphatic rings. The van der Waals surface area contributed by atoms with Gasteiger partial charge in [-0.25, -0.2) is 9.78 Å². The minimum atomic E-state index is -0.723. The van der Waals surface area contributed by atoms with E-state index in [4.69, 9.17) is 14.7 Å². The van der Waals surface area contributed by atoms with Crippen molar-refractivity contribution in [3.8, 4) is 21.6 Å². The van der Waals surface area contributed by atoms with Crippen LogP contribution in [-0.4, -0.2) is 99.3 Å². The van der Waals surface area contributed by atoms with E-state index in [1.807, 2.05) is 43.7 Å². The lowest BCUT2D eigenvalue weighted by molar-refractivity contribution is -0.139. The zero-order valence-corrected chi connectivity index (χ0v) is 35.6. The van der Waals surface area contributed by atoms with Gasteiger partial charge in [-0.1, -0.05) is 90.1 Å². The van der Waals surface area contributed by atoms with Crippen LogP contribution in [0.15, 0.2) is 65.8 Å². The Morgan fingerprint density at radius 1 is 0.831 bits per heavy atom. The monoisotopic (exact) mass is 821 g/mol. The van der Waals surface area contributed by atoms with Crippen LogP contribution in [0.2, 0.25) is 0 Å². The minimum absolute atomic E-state index is 0.0932. The quantitative estimate of drug-likeness (QED) is 0.122. The van der Waals surface area contributed by atoms with Crippen LogP contribution in [0.1, 0.15) is 78.2 Å². The number of aromatic amines is 1. The number of alkyl carbamates (subject to hydrolysis) is 1. The number of amides is 4. The normalized spacial score (nSPS) is 21.5. The Bertz CT molecular complexity index is 2230. The van der Waals surface area contributed by atoms with E-state index in [2.05, 4.69) is 84.1 Å². The molecule has 0 saturated carbocycles. The molecule has 0 bridgehead atoms. The first-order valence-corrected chi connectivity index (χ1v) is 21.4. The zero-order valence-electron chi connectivity index (χ0n) is 34.8. The third-order valence-electron chi connectivity index (χ3n) is 11.8. The van der Waals surface area contributed by atoms with E-state index in [0.717, 1.165) is 67.4 Å². The molecule has 1 unspecified atom stereocenters. The molecule has 2 aromatic heterocycles. The number of ether oxygens (including phenoxy) is 1. The van der Waals surface area contributed by atoms with Crippen molar-refractivity contribution < 1.29 is 29.0 Å². The van der Waals surface area contributed by atoms with Gasteiger partial charge < -0.3 is 35.3 Å². The van der Waals surface area contributed by atoms with Gasteiger partial charge in [0.25, 0.3) is 0 Å². The number of nitrogens with one attached hydrogen (secondary N) is 3. The number of H-pyrrole nitrogens is 1. The molecule has 4 amide bonds. The first-order valence-electron chi connectivity index (χ1n) is 20.6. The lowest BCUT2D eigenvalue weighted by Crippen LogP contribution is -2.53. The van der Waals surface area contributed by atoms with Crippen LogP contribution in [0.5, 0.6) is 0 Å². The van der Waals surface area contributed by atoms with Crippen molar-refractivity contribution in [3.63, 3.8) is 0 Å². The van der Waals surface area contributed by atoms with Crippen molar-refractivity contribution in [3.05, 3.63) is 72.2 Å². The lowest BCUT2D eigenvalue weighted by Gasteiger charge is -2.31. The Hall–Kier alpha value is -5.34. The van der Waals surface area contributed by atoms with Crippen LogP contribution in [0.4, 0.5) is 4.79 Å². The number of imidazole rings is 1. The summed E-state index contributed by atoms with van der Waals surface area (Å²) in [6.07, 6.45) is 3.58. The van der Waals surface area contributed by atoms with Gasteiger partial charge in [-0.05, 0) is 70.4 Å². The van der Waals surface area contributed by atoms with E-state index in [9.17, 15) is 24.3 Å². The first-order chi connectivity index (χ1) is 28.2. The highest BCUT2D eigenvalue weighted by atomic mass is 32.1. The maximum Gasteiger partial charge on any atom is 0.407 e. The standard InChI is InChI=1S/C45H55N7O6S/c1-24(2)39(48-38(54)23-53)43(55)52-22-27(6)17-36(52)41-47-34-19-37(59-42(34)50-41)31-14-12-29(13-15-31)28-8-10-30(11-9-28)32-18-33(46-20-32)35-16-26(5)21-51(35)44(56)40(25(3)4)49-45(57)58-7/h8-15,19-20,24-27,35-36,39-40,53H,16-18,21-23H2,1-7H3,(H,47,50)(H,48,54)(H,49,57)/t26-,27-,35-,36-,39?,40-/m0/s1. The summed E-state index contributed by atoms with van der Waals surface area (Å²) >= 11 is 1.61. The van der Waals surface area contributed by atoms with Gasteiger partial charge in [-0.15, -0.1) is 11.3 Å². The highest BCUT2D eigenvalue weighted by Crippen LogP contribution is 2.39. The second-order valence-corrected chi connectivity index (χ2v) is 18.1. The van der Waals surface area contributed by atoms with Crippen LogP contribution in [0.3, 0.4) is 0 Å². The second kappa shape index (κ2) is 17.5. The Labute approximate surface area is 349 Å². The fourth-order valence-corrected chi connectivity index (χ4v) is 9.61. The lowest BCUT2D eigenvalue weighted by atomic mass is 9.95. The molecule has 2 aromatic carbocycles. The molecule has 4 aromatic rings. The topological polar surface area (TPSA) is 169 Å². The third kappa shape index (κ3) is 8.84. The third-order valence-corrected chi connectivity index (χ3v) is 12.9. The molecule has 7 rings (SSSR count). The molecular weight excluding hydrogens is 767 g/mol. The molecule has 14 heteroatoms. The number of likely N-dealkylation sites (tertiary alicyclic amines) is 2. The van der Waals surface area contributed by atoms with E-state index in [1.54, 1.807) is 11.3 Å². The van der Waals surface area contributed by atoms with Gasteiger partial charge in [0.1, 0.15) is 29.3 Å². The van der Waals surface area contributed by atoms with Crippen LogP contribution in [0, 0.1) is 23.7 Å². The molecule has 0 spiro atoms. The molecule has 0 radical (unpaired) electrons. The maximum atomic E-state index is 13.7. The SMILES string of the molecule is COC(=O)N[C@H](C(=O)N1C[C@@H](C)C[C@H]1C1=NC=C(c2ccc(-c3ccc(-c4cc5[nH]c([C@@H]6C[C@H](C)CN6C(=O)C(NC(=O)CO)C(C)C)nc5s4)cc3)cc2)C1)C(C)C. The van der Waals surface area contributed by atoms with Crippen molar-refractivity contribution in [2.75, 3.05) is 26.8 Å². The molecule has 2 fully saturated rings. The number of fused-ring (bicyclic) bond motifs is 1. The highest BCUT2D eigenvalue weighted by molar-refractivity contribution is 7.21. The number of aliphatic imine (C=N–C) groups is 1. The molecule has 312 valence electrons. The summed E-state index contributed by atoms with van der Waals surface area (Å²) in [4.78, 5) is 70.4. The van der Waals surface area contributed by atoms with E-state index in [1.165, 1.54) is 7.11 Å². The number of hydrogen-bond donors (Lipinski definition) is 4. The second-order valence-electron chi connectivity index (χ2n) is 17.1. The van der Waals surface area contributed by atoms with Gasteiger partial charge in [0, 0.05) is 36.3 Å². The minimum Gasteiger partial charge on any atom is -0.453 e. The predicted molar refractivity (Wildman–Crippen MR) is 230 cm³/mol. The number of nitrogens with zero attached hydrogens (tertiary/aromatic N) is 4. The average Bonchev–Trinajstić information content (AvgIpc) is 4.07. The molecule has 4 N–H and O–H groups in total. The van der Waals surface area contributed by atoms with Gasteiger partial charge in [-0.3, -0.25) is 19.4 Å². The van der Waals surface area contributed by atoms with Gasteiger partial charge in [0.2, 0.25) is 17.7 Å². The van der Waals surface area contributed by atoms with Crippen LogP contribution in [-0.2, 0) is 19.1 Å². The number of aliphatic hydroxyl groups excluding tert-OH is 1. The predicted octanol–water partition coefficient (Wildman–Crippen LogP) is 6.80. The number of rotatable bonds is 12. The number of aromatic nitrogens is 2. The summed E-state index contributed by atoms with van der Waals surface area (Å²) < 4.78 is 4.79. The van der Waals surface area contributed by atoms with Crippen molar-refractivity contribution in [2.45, 2.75) is 85.0 Å². The number of benzene rings is 2. The van der Waals surface area contributed by atoms with E-state index in [0.29, 0.717) is 25.4 Å². The smallest absolute Gasteiger partial charge is 0.407 e. The Morgan fingerprint density at radius 2 is 1.37 bits per heavy atom. The van der Waals surface area contributed by atoms with Crippen molar-refractivity contribution in [2.24, 2.45) is 28.7 Å². The molecule has 5 heterocycles.